The van der Waals surface area contributed by atoms with Crippen LogP contribution in [0.2, 0.25) is 0 Å². The number of para-hydroxylation sites is 1. The van der Waals surface area contributed by atoms with E-state index in [2.05, 4.69) is 5.32 Å². The van der Waals surface area contributed by atoms with Crippen molar-refractivity contribution in [2.24, 2.45) is 5.92 Å². The maximum atomic E-state index is 13.4. The van der Waals surface area contributed by atoms with Gasteiger partial charge in [0.05, 0.1) is 25.3 Å². The van der Waals surface area contributed by atoms with Gasteiger partial charge in [0.15, 0.2) is 22.3 Å². The van der Waals surface area contributed by atoms with Gasteiger partial charge in [-0.1, -0.05) is 12.1 Å². The fourth-order valence-corrected chi connectivity index (χ4v) is 4.95. The minimum atomic E-state index is -1.15. The van der Waals surface area contributed by atoms with Gasteiger partial charge in [-0.25, -0.2) is 4.79 Å². The van der Waals surface area contributed by atoms with E-state index in [4.69, 9.17) is 26.4 Å². The van der Waals surface area contributed by atoms with E-state index in [-0.39, 0.29) is 5.91 Å². The van der Waals surface area contributed by atoms with Gasteiger partial charge >= 0.3 is 5.97 Å². The number of thiocarbonyl (C=S) groups is 1. The number of methoxy groups -OCH3 is 1. The van der Waals surface area contributed by atoms with Gasteiger partial charge in [0.1, 0.15) is 5.92 Å². The average Bonchev–Trinajstić information content (AvgIpc) is 2.78. The molecule has 1 N–H and O–H groups in total. The summed E-state index contributed by atoms with van der Waals surface area (Å²) in [5.41, 5.74) is 0.765. The zero-order chi connectivity index (χ0) is 23.9. The summed E-state index contributed by atoms with van der Waals surface area (Å²) in [5, 5.41) is 3.77. The van der Waals surface area contributed by atoms with Gasteiger partial charge in [-0.05, 0) is 56.4 Å². The van der Waals surface area contributed by atoms with Crippen molar-refractivity contribution < 1.29 is 23.8 Å². The Morgan fingerprint density at radius 2 is 1.91 bits per heavy atom. The van der Waals surface area contributed by atoms with Crippen LogP contribution in [-0.4, -0.2) is 55.4 Å². The molecular formula is C24H27N3O5S. The Bertz CT molecular complexity index is 1100. The Balaban J connectivity index is 1.84. The molecule has 1 amide bonds. The SMILES string of the molecule is CCOC(=O)c1ccc(N2C(=S)N[C@H]3c4cccc(OC)c4O[C@@]2(C)[C@@H]3C(=O)N(C)C)cc1. The van der Waals surface area contributed by atoms with Crippen LogP contribution in [0.5, 0.6) is 11.5 Å². The predicted octanol–water partition coefficient (Wildman–Crippen LogP) is 3.12. The van der Waals surface area contributed by atoms with Gasteiger partial charge < -0.3 is 24.4 Å². The van der Waals surface area contributed by atoms with Crippen molar-refractivity contribution in [1.82, 2.24) is 10.2 Å². The highest BCUT2D eigenvalue weighted by Gasteiger charge is 2.59. The summed E-state index contributed by atoms with van der Waals surface area (Å²) in [7, 11) is 5.02. The summed E-state index contributed by atoms with van der Waals surface area (Å²) < 4.78 is 17.2. The summed E-state index contributed by atoms with van der Waals surface area (Å²) >= 11 is 5.74. The molecule has 2 aliphatic rings. The third-order valence-corrected chi connectivity index (χ3v) is 6.35. The van der Waals surface area contributed by atoms with Crippen molar-refractivity contribution in [2.75, 3.05) is 32.7 Å². The number of rotatable bonds is 5. The molecule has 4 rings (SSSR count). The smallest absolute Gasteiger partial charge is 0.338 e. The minimum absolute atomic E-state index is 0.0980. The van der Waals surface area contributed by atoms with Crippen LogP contribution >= 0.6 is 12.2 Å². The lowest BCUT2D eigenvalue weighted by molar-refractivity contribution is -0.144. The highest BCUT2D eigenvalue weighted by atomic mass is 32.1. The van der Waals surface area contributed by atoms with Gasteiger partial charge in [0, 0.05) is 25.3 Å². The molecule has 2 heterocycles. The van der Waals surface area contributed by atoms with E-state index in [1.54, 1.807) is 62.2 Å². The van der Waals surface area contributed by atoms with E-state index >= 15 is 0 Å². The lowest BCUT2D eigenvalue weighted by Gasteiger charge is -2.56. The van der Waals surface area contributed by atoms with Crippen LogP contribution in [0, 0.1) is 5.92 Å². The zero-order valence-corrected chi connectivity index (χ0v) is 20.1. The maximum absolute atomic E-state index is 13.4. The van der Waals surface area contributed by atoms with E-state index in [0.29, 0.717) is 34.5 Å². The molecule has 9 heteroatoms. The van der Waals surface area contributed by atoms with Gasteiger partial charge in [-0.3, -0.25) is 9.69 Å². The van der Waals surface area contributed by atoms with E-state index in [9.17, 15) is 9.59 Å². The largest absolute Gasteiger partial charge is 0.493 e. The molecule has 0 aromatic heterocycles. The van der Waals surface area contributed by atoms with E-state index in [1.165, 1.54) is 0 Å². The molecule has 2 aromatic rings. The molecule has 1 saturated heterocycles. The number of benzene rings is 2. The van der Waals surface area contributed by atoms with E-state index < -0.39 is 23.7 Å². The molecule has 2 aromatic carbocycles. The highest BCUT2D eigenvalue weighted by molar-refractivity contribution is 7.80. The molecule has 0 aliphatic carbocycles. The summed E-state index contributed by atoms with van der Waals surface area (Å²) in [4.78, 5) is 28.9. The Hall–Kier alpha value is -3.33. The monoisotopic (exact) mass is 469 g/mol. The summed E-state index contributed by atoms with van der Waals surface area (Å²) in [5.74, 6) is 0.0377. The van der Waals surface area contributed by atoms with Crippen LogP contribution in [0.15, 0.2) is 42.5 Å². The standard InChI is InChI=1S/C24H27N3O5S/c1-6-31-22(29)14-10-12-15(13-11-14)27-23(33)25-19-16-8-7-9-17(30-5)20(16)32-24(27,2)18(19)21(28)26(3)4/h7-13,18-19H,6H2,1-5H3,(H,25,33)/t18-,19-,24-/m0/s1. The molecule has 0 unspecified atom stereocenters. The number of ether oxygens (including phenoxy) is 3. The molecule has 3 atom stereocenters. The fourth-order valence-electron chi connectivity index (χ4n) is 4.54. The molecule has 8 nitrogen and oxygen atoms in total. The second kappa shape index (κ2) is 8.55. The van der Waals surface area contributed by atoms with E-state index in [1.807, 2.05) is 25.1 Å². The number of anilines is 1. The number of hydrogen-bond acceptors (Lipinski definition) is 6. The zero-order valence-electron chi connectivity index (χ0n) is 19.2. The van der Waals surface area contributed by atoms with Crippen molar-refractivity contribution in [3.05, 3.63) is 53.6 Å². The molecule has 2 aliphatic heterocycles. The molecule has 0 spiro atoms. The molecule has 33 heavy (non-hydrogen) atoms. The number of esters is 1. The summed E-state index contributed by atoms with van der Waals surface area (Å²) in [6, 6.07) is 12.1. The van der Waals surface area contributed by atoms with Gasteiger partial charge in [-0.15, -0.1) is 0 Å². The van der Waals surface area contributed by atoms with Gasteiger partial charge in [0.25, 0.3) is 0 Å². The number of amides is 1. The Morgan fingerprint density at radius 3 is 2.52 bits per heavy atom. The highest BCUT2D eigenvalue weighted by Crippen LogP contribution is 2.52. The number of fused-ring (bicyclic) bond motifs is 4. The van der Waals surface area contributed by atoms with Crippen molar-refractivity contribution in [2.45, 2.75) is 25.6 Å². The Kier molecular flexibility index (Phi) is 5.92. The average molecular weight is 470 g/mol. The first-order chi connectivity index (χ1) is 15.7. The lowest BCUT2D eigenvalue weighted by Crippen LogP contribution is -2.72. The summed E-state index contributed by atoms with van der Waals surface area (Å²) in [6.45, 7) is 3.91. The molecule has 2 bridgehead atoms. The molecule has 0 radical (unpaired) electrons. The number of hydrogen-bond donors (Lipinski definition) is 1. The molecular weight excluding hydrogens is 442 g/mol. The third kappa shape index (κ3) is 3.66. The molecule has 1 fully saturated rings. The molecule has 174 valence electrons. The minimum Gasteiger partial charge on any atom is -0.493 e. The number of nitrogens with zero attached hydrogens (tertiary/aromatic N) is 2. The first-order valence-corrected chi connectivity index (χ1v) is 11.1. The topological polar surface area (TPSA) is 80.3 Å². The normalized spacial score (nSPS) is 23.1. The first-order valence-electron chi connectivity index (χ1n) is 10.7. The number of carbonyl (C=O) groups is 2. The Morgan fingerprint density at radius 1 is 1.21 bits per heavy atom. The summed E-state index contributed by atoms with van der Waals surface area (Å²) in [6.07, 6.45) is 0. The van der Waals surface area contributed by atoms with Crippen LogP contribution in [0.25, 0.3) is 0 Å². The van der Waals surface area contributed by atoms with Crippen molar-refractivity contribution >= 4 is 34.9 Å². The van der Waals surface area contributed by atoms with E-state index in [0.717, 1.165) is 5.56 Å². The van der Waals surface area contributed by atoms with Crippen LogP contribution in [0.4, 0.5) is 5.69 Å². The van der Waals surface area contributed by atoms with Crippen molar-refractivity contribution in [3.8, 4) is 11.5 Å². The lowest BCUT2D eigenvalue weighted by atomic mass is 9.78. The first kappa shape index (κ1) is 22.8. The number of carbonyl (C=O) groups excluding carboxylic acids is 2. The predicted molar refractivity (Wildman–Crippen MR) is 128 cm³/mol. The van der Waals surface area contributed by atoms with Gasteiger partial charge in [-0.2, -0.15) is 0 Å². The van der Waals surface area contributed by atoms with Gasteiger partial charge in [0.2, 0.25) is 5.91 Å². The third-order valence-electron chi connectivity index (χ3n) is 6.05. The van der Waals surface area contributed by atoms with Crippen LogP contribution in [-0.2, 0) is 9.53 Å². The number of nitrogens with one attached hydrogen (secondary N) is 1. The van der Waals surface area contributed by atoms with Crippen LogP contribution in [0.3, 0.4) is 0 Å². The van der Waals surface area contributed by atoms with Crippen molar-refractivity contribution in [3.63, 3.8) is 0 Å². The molecule has 0 saturated carbocycles. The van der Waals surface area contributed by atoms with Crippen molar-refractivity contribution in [1.29, 1.82) is 0 Å². The fraction of sp³-hybridized carbons (Fsp3) is 0.375. The Labute approximate surface area is 198 Å². The second-order valence-electron chi connectivity index (χ2n) is 8.28. The second-order valence-corrected chi connectivity index (χ2v) is 8.66. The van der Waals surface area contributed by atoms with Crippen LogP contribution in [0.1, 0.15) is 35.8 Å². The van der Waals surface area contributed by atoms with Crippen LogP contribution < -0.4 is 19.7 Å². The maximum Gasteiger partial charge on any atom is 0.338 e. The quantitative estimate of drug-likeness (QED) is 0.529.